The number of carboxylic acids is 1. The third-order valence-electron chi connectivity index (χ3n) is 3.77. The number of aliphatic carboxylic acids is 1. The van der Waals surface area contributed by atoms with E-state index in [2.05, 4.69) is 5.32 Å². The molecule has 102 valence electrons. The smallest absolute Gasteiger partial charge is 0.307 e. The van der Waals surface area contributed by atoms with E-state index in [0.717, 1.165) is 11.3 Å². The number of amides is 1. The minimum atomic E-state index is -0.867. The molecule has 2 rings (SSSR count). The van der Waals surface area contributed by atoms with Gasteiger partial charge in [-0.15, -0.1) is 0 Å². The molecule has 0 aliphatic heterocycles. The highest BCUT2D eigenvalue weighted by atomic mass is 16.4. The Kier molecular flexibility index (Phi) is 3.88. The van der Waals surface area contributed by atoms with Crippen molar-refractivity contribution in [3.63, 3.8) is 0 Å². The lowest BCUT2D eigenvalue weighted by molar-refractivity contribution is -0.145. The van der Waals surface area contributed by atoms with E-state index < -0.39 is 17.8 Å². The Morgan fingerprint density at radius 1 is 1.16 bits per heavy atom. The van der Waals surface area contributed by atoms with Crippen molar-refractivity contribution in [2.75, 3.05) is 5.32 Å². The van der Waals surface area contributed by atoms with E-state index in [1.54, 1.807) is 0 Å². The second-order valence-corrected chi connectivity index (χ2v) is 5.48. The van der Waals surface area contributed by atoms with Crippen LogP contribution in [0.3, 0.4) is 0 Å². The SMILES string of the molecule is Cc1ccc(NC(=O)C2CC(C)CC2C(=O)O)cc1. The fourth-order valence-corrected chi connectivity index (χ4v) is 2.73. The highest BCUT2D eigenvalue weighted by Crippen LogP contribution is 2.37. The summed E-state index contributed by atoms with van der Waals surface area (Å²) in [4.78, 5) is 23.4. The molecule has 1 aromatic rings. The highest BCUT2D eigenvalue weighted by Gasteiger charge is 2.41. The van der Waals surface area contributed by atoms with E-state index >= 15 is 0 Å². The van der Waals surface area contributed by atoms with Gasteiger partial charge >= 0.3 is 5.97 Å². The van der Waals surface area contributed by atoms with Crippen LogP contribution in [-0.4, -0.2) is 17.0 Å². The van der Waals surface area contributed by atoms with Gasteiger partial charge in [-0.3, -0.25) is 9.59 Å². The summed E-state index contributed by atoms with van der Waals surface area (Å²) in [5, 5.41) is 12.0. The van der Waals surface area contributed by atoms with E-state index in [4.69, 9.17) is 0 Å². The maximum Gasteiger partial charge on any atom is 0.307 e. The summed E-state index contributed by atoms with van der Waals surface area (Å²) in [6, 6.07) is 7.51. The van der Waals surface area contributed by atoms with Gasteiger partial charge in [-0.05, 0) is 37.8 Å². The lowest BCUT2D eigenvalue weighted by atomic mass is 9.95. The first-order chi connectivity index (χ1) is 8.97. The summed E-state index contributed by atoms with van der Waals surface area (Å²) in [7, 11) is 0. The van der Waals surface area contributed by atoms with Crippen LogP contribution in [0.5, 0.6) is 0 Å². The second kappa shape index (κ2) is 5.43. The Balaban J connectivity index is 2.06. The zero-order valence-electron chi connectivity index (χ0n) is 11.2. The lowest BCUT2D eigenvalue weighted by Gasteiger charge is -2.15. The number of carbonyl (C=O) groups is 2. The third-order valence-corrected chi connectivity index (χ3v) is 3.77. The minimum absolute atomic E-state index is 0.180. The van der Waals surface area contributed by atoms with Gasteiger partial charge in [-0.25, -0.2) is 0 Å². The zero-order chi connectivity index (χ0) is 14.0. The normalized spacial score (nSPS) is 26.1. The molecule has 2 N–H and O–H groups in total. The molecule has 0 spiro atoms. The number of hydrogen-bond donors (Lipinski definition) is 2. The van der Waals surface area contributed by atoms with E-state index in [0.29, 0.717) is 12.8 Å². The number of aryl methyl sites for hydroxylation is 1. The average molecular weight is 261 g/mol. The standard InChI is InChI=1S/C15H19NO3/c1-9-3-5-11(6-4-9)16-14(17)12-7-10(2)8-13(12)15(18)19/h3-6,10,12-13H,7-8H2,1-2H3,(H,16,17)(H,18,19). The Hall–Kier alpha value is -1.84. The van der Waals surface area contributed by atoms with Crippen molar-refractivity contribution in [2.45, 2.75) is 26.7 Å². The first-order valence-electron chi connectivity index (χ1n) is 6.57. The van der Waals surface area contributed by atoms with Crippen LogP contribution in [0, 0.1) is 24.7 Å². The molecule has 1 aliphatic carbocycles. The average Bonchev–Trinajstić information content (AvgIpc) is 2.74. The number of carbonyl (C=O) groups excluding carboxylic acids is 1. The minimum Gasteiger partial charge on any atom is -0.481 e. The van der Waals surface area contributed by atoms with Gasteiger partial charge in [-0.1, -0.05) is 24.6 Å². The Bertz CT molecular complexity index is 481. The van der Waals surface area contributed by atoms with E-state index in [1.807, 2.05) is 38.1 Å². The van der Waals surface area contributed by atoms with Crippen LogP contribution in [0.15, 0.2) is 24.3 Å². The van der Waals surface area contributed by atoms with Crippen LogP contribution in [-0.2, 0) is 9.59 Å². The predicted molar refractivity (Wildman–Crippen MR) is 72.8 cm³/mol. The Labute approximate surface area is 112 Å². The van der Waals surface area contributed by atoms with Gasteiger partial charge in [0.15, 0.2) is 0 Å². The molecule has 4 heteroatoms. The fraction of sp³-hybridized carbons (Fsp3) is 0.467. The maximum atomic E-state index is 12.2. The molecule has 19 heavy (non-hydrogen) atoms. The number of benzene rings is 1. The van der Waals surface area contributed by atoms with Crippen molar-refractivity contribution in [3.8, 4) is 0 Å². The number of nitrogens with one attached hydrogen (secondary N) is 1. The molecular weight excluding hydrogens is 242 g/mol. The topological polar surface area (TPSA) is 66.4 Å². The molecule has 4 nitrogen and oxygen atoms in total. The second-order valence-electron chi connectivity index (χ2n) is 5.48. The monoisotopic (exact) mass is 261 g/mol. The summed E-state index contributed by atoms with van der Waals surface area (Å²) in [6.45, 7) is 3.97. The molecular formula is C15H19NO3. The zero-order valence-corrected chi connectivity index (χ0v) is 11.2. The van der Waals surface area contributed by atoms with Gasteiger partial charge in [-0.2, -0.15) is 0 Å². The summed E-state index contributed by atoms with van der Waals surface area (Å²) in [5.74, 6) is -1.74. The van der Waals surface area contributed by atoms with Crippen molar-refractivity contribution in [1.82, 2.24) is 0 Å². The van der Waals surface area contributed by atoms with E-state index in [1.165, 1.54) is 0 Å². The number of anilines is 1. The van der Waals surface area contributed by atoms with Gasteiger partial charge in [0, 0.05) is 5.69 Å². The van der Waals surface area contributed by atoms with Crippen molar-refractivity contribution in [3.05, 3.63) is 29.8 Å². The largest absolute Gasteiger partial charge is 0.481 e. The van der Waals surface area contributed by atoms with E-state index in [-0.39, 0.29) is 11.8 Å². The van der Waals surface area contributed by atoms with Crippen LogP contribution in [0.4, 0.5) is 5.69 Å². The van der Waals surface area contributed by atoms with Crippen molar-refractivity contribution < 1.29 is 14.7 Å². The summed E-state index contributed by atoms with van der Waals surface area (Å²) in [5.41, 5.74) is 1.84. The molecule has 1 amide bonds. The number of hydrogen-bond acceptors (Lipinski definition) is 2. The maximum absolute atomic E-state index is 12.2. The molecule has 1 aliphatic rings. The molecule has 0 radical (unpaired) electrons. The van der Waals surface area contributed by atoms with Crippen LogP contribution in [0.2, 0.25) is 0 Å². The van der Waals surface area contributed by atoms with Gasteiger partial charge in [0.25, 0.3) is 0 Å². The Morgan fingerprint density at radius 2 is 1.74 bits per heavy atom. The summed E-state index contributed by atoms with van der Waals surface area (Å²) < 4.78 is 0. The summed E-state index contributed by atoms with van der Waals surface area (Å²) >= 11 is 0. The molecule has 0 saturated heterocycles. The number of rotatable bonds is 3. The van der Waals surface area contributed by atoms with Crippen LogP contribution in [0.25, 0.3) is 0 Å². The quantitative estimate of drug-likeness (QED) is 0.879. The summed E-state index contributed by atoms with van der Waals surface area (Å²) in [6.07, 6.45) is 1.23. The van der Waals surface area contributed by atoms with Crippen molar-refractivity contribution in [2.24, 2.45) is 17.8 Å². The molecule has 3 atom stereocenters. The van der Waals surface area contributed by atoms with Crippen LogP contribution in [0.1, 0.15) is 25.3 Å². The molecule has 0 aromatic heterocycles. The molecule has 1 saturated carbocycles. The predicted octanol–water partition coefficient (Wildman–Crippen LogP) is 2.68. The fourth-order valence-electron chi connectivity index (χ4n) is 2.73. The van der Waals surface area contributed by atoms with E-state index in [9.17, 15) is 14.7 Å². The third kappa shape index (κ3) is 3.13. The number of carboxylic acid groups (broad SMARTS) is 1. The van der Waals surface area contributed by atoms with Gasteiger partial charge in [0.2, 0.25) is 5.91 Å². The lowest BCUT2D eigenvalue weighted by Crippen LogP contribution is -2.29. The van der Waals surface area contributed by atoms with Crippen molar-refractivity contribution in [1.29, 1.82) is 0 Å². The molecule has 0 bridgehead atoms. The first-order valence-corrected chi connectivity index (χ1v) is 6.57. The molecule has 0 heterocycles. The van der Waals surface area contributed by atoms with Crippen LogP contribution < -0.4 is 5.32 Å². The van der Waals surface area contributed by atoms with Crippen LogP contribution >= 0.6 is 0 Å². The first kappa shape index (κ1) is 13.6. The van der Waals surface area contributed by atoms with Gasteiger partial charge < -0.3 is 10.4 Å². The molecule has 1 fully saturated rings. The Morgan fingerprint density at radius 3 is 2.32 bits per heavy atom. The molecule has 1 aromatic carbocycles. The van der Waals surface area contributed by atoms with Crippen molar-refractivity contribution >= 4 is 17.6 Å². The molecule has 3 unspecified atom stereocenters. The van der Waals surface area contributed by atoms with Gasteiger partial charge in [0.1, 0.15) is 0 Å². The van der Waals surface area contributed by atoms with Gasteiger partial charge in [0.05, 0.1) is 11.8 Å². The highest BCUT2D eigenvalue weighted by molar-refractivity contribution is 5.95.